The van der Waals surface area contributed by atoms with Crippen molar-refractivity contribution in [2.24, 2.45) is 0 Å². The van der Waals surface area contributed by atoms with Gasteiger partial charge in [0, 0.05) is 17.2 Å². The van der Waals surface area contributed by atoms with Gasteiger partial charge < -0.3 is 5.32 Å². The maximum absolute atomic E-state index is 11.9. The van der Waals surface area contributed by atoms with Gasteiger partial charge >= 0.3 is 0 Å². The Kier molecular flexibility index (Phi) is 7.54. The first-order valence-electron chi connectivity index (χ1n) is 7.42. The lowest BCUT2D eigenvalue weighted by molar-refractivity contribution is 0.0954. The third-order valence-electron chi connectivity index (χ3n) is 2.99. The number of hydrogen-bond donors (Lipinski definition) is 1. The van der Waals surface area contributed by atoms with E-state index in [0.29, 0.717) is 0 Å². The van der Waals surface area contributed by atoms with Crippen LogP contribution in [-0.2, 0) is 12.8 Å². The molecule has 0 spiro atoms. The Morgan fingerprint density at radius 3 is 2.47 bits per heavy atom. The van der Waals surface area contributed by atoms with Crippen LogP contribution in [0, 0.1) is 0 Å². The summed E-state index contributed by atoms with van der Waals surface area (Å²) < 4.78 is 1.26. The number of thiophene rings is 1. The Labute approximate surface area is 125 Å². The van der Waals surface area contributed by atoms with Gasteiger partial charge in [0.15, 0.2) is 0 Å². The van der Waals surface area contributed by atoms with Crippen LogP contribution in [-0.4, -0.2) is 18.2 Å². The summed E-state index contributed by atoms with van der Waals surface area (Å²) in [6.07, 6.45) is 4.82. The number of thioether (sulfide) groups is 1. The minimum Gasteiger partial charge on any atom is -0.351 e. The van der Waals surface area contributed by atoms with Crippen LogP contribution in [0.3, 0.4) is 0 Å². The Balaban J connectivity index is 0.000000415. The van der Waals surface area contributed by atoms with E-state index in [1.54, 1.807) is 0 Å². The molecule has 1 aliphatic carbocycles. The molecule has 0 saturated carbocycles. The zero-order chi connectivity index (χ0) is 14.3. The molecule has 19 heavy (non-hydrogen) atoms. The topological polar surface area (TPSA) is 29.1 Å². The summed E-state index contributed by atoms with van der Waals surface area (Å²) in [5.74, 6) is 1.17. The Morgan fingerprint density at radius 1 is 1.05 bits per heavy atom. The van der Waals surface area contributed by atoms with Crippen molar-refractivity contribution in [1.29, 1.82) is 0 Å². The fourth-order valence-corrected chi connectivity index (χ4v) is 4.92. The van der Waals surface area contributed by atoms with E-state index in [0.717, 1.165) is 24.3 Å². The summed E-state index contributed by atoms with van der Waals surface area (Å²) in [4.78, 5) is 13.4. The molecule has 0 aromatic carbocycles. The first kappa shape index (κ1) is 16.6. The van der Waals surface area contributed by atoms with Crippen molar-refractivity contribution >= 4 is 29.0 Å². The number of carbonyl (C=O) groups is 1. The van der Waals surface area contributed by atoms with E-state index in [4.69, 9.17) is 0 Å². The molecule has 2 heterocycles. The fourth-order valence-electron chi connectivity index (χ4n) is 2.27. The van der Waals surface area contributed by atoms with E-state index in [9.17, 15) is 4.79 Å². The lowest BCUT2D eigenvalue weighted by Gasteiger charge is -2.11. The van der Waals surface area contributed by atoms with Crippen LogP contribution >= 0.6 is 23.1 Å². The van der Waals surface area contributed by atoms with Crippen molar-refractivity contribution in [3.05, 3.63) is 16.0 Å². The lowest BCUT2D eigenvalue weighted by atomic mass is 9.95. The molecule has 2 aliphatic rings. The molecule has 3 rings (SSSR count). The number of hydrogen-bond acceptors (Lipinski definition) is 3. The van der Waals surface area contributed by atoms with Crippen LogP contribution in [0.2, 0.25) is 0 Å². The standard InChI is InChI=1S/C11H13NOS2.2C2H6/c13-10-9-7-3-1-2-4-8(7)15-11(9)14-6-5-12-10;2*1-2/h1-6H2,(H,12,13);2*1-2H3. The molecule has 1 aromatic heterocycles. The molecule has 0 fully saturated rings. The van der Waals surface area contributed by atoms with E-state index in [1.165, 1.54) is 33.9 Å². The normalized spacial score (nSPS) is 16.5. The van der Waals surface area contributed by atoms with Gasteiger partial charge in [-0.05, 0) is 31.2 Å². The number of aryl methyl sites for hydroxylation is 1. The van der Waals surface area contributed by atoms with Crippen molar-refractivity contribution in [2.75, 3.05) is 12.3 Å². The largest absolute Gasteiger partial charge is 0.351 e. The SMILES string of the molecule is CC.CC.O=C1NCCSc2sc3c(c21)CCCC3. The van der Waals surface area contributed by atoms with Crippen LogP contribution in [0.1, 0.15) is 61.3 Å². The second-order valence-electron chi connectivity index (χ2n) is 3.98. The molecule has 1 amide bonds. The Hall–Kier alpha value is -0.480. The molecule has 0 bridgehead atoms. The fraction of sp³-hybridized carbons (Fsp3) is 0.667. The van der Waals surface area contributed by atoms with Crippen molar-refractivity contribution in [3.63, 3.8) is 0 Å². The molecule has 4 heteroatoms. The zero-order valence-electron chi connectivity index (χ0n) is 12.5. The zero-order valence-corrected chi connectivity index (χ0v) is 14.1. The average molecular weight is 300 g/mol. The lowest BCUT2D eigenvalue weighted by Crippen LogP contribution is -2.24. The van der Waals surface area contributed by atoms with Gasteiger partial charge in [-0.3, -0.25) is 4.79 Å². The molecule has 1 aromatic rings. The highest BCUT2D eigenvalue weighted by Gasteiger charge is 2.26. The monoisotopic (exact) mass is 299 g/mol. The van der Waals surface area contributed by atoms with Gasteiger partial charge in [-0.2, -0.15) is 0 Å². The Bertz CT molecular complexity index is 413. The summed E-state index contributed by atoms with van der Waals surface area (Å²) in [6, 6.07) is 0. The highest BCUT2D eigenvalue weighted by atomic mass is 32.2. The van der Waals surface area contributed by atoms with Gasteiger partial charge in [0.25, 0.3) is 5.91 Å². The van der Waals surface area contributed by atoms with Crippen LogP contribution in [0.4, 0.5) is 0 Å². The quantitative estimate of drug-likeness (QED) is 0.763. The average Bonchev–Trinajstić information content (AvgIpc) is 2.76. The summed E-state index contributed by atoms with van der Waals surface area (Å²) in [7, 11) is 0. The van der Waals surface area contributed by atoms with Crippen molar-refractivity contribution in [3.8, 4) is 0 Å². The predicted octanol–water partition coefficient (Wildman–Crippen LogP) is 4.51. The molecule has 0 radical (unpaired) electrons. The predicted molar refractivity (Wildman–Crippen MR) is 86.7 cm³/mol. The highest BCUT2D eigenvalue weighted by molar-refractivity contribution is 8.01. The highest BCUT2D eigenvalue weighted by Crippen LogP contribution is 2.40. The minimum absolute atomic E-state index is 0.161. The molecule has 108 valence electrons. The second-order valence-corrected chi connectivity index (χ2v) is 6.45. The maximum atomic E-state index is 11.9. The minimum atomic E-state index is 0.161. The van der Waals surface area contributed by atoms with Crippen LogP contribution in [0.15, 0.2) is 4.21 Å². The van der Waals surface area contributed by atoms with Crippen LogP contribution in [0.25, 0.3) is 0 Å². The van der Waals surface area contributed by atoms with E-state index >= 15 is 0 Å². The number of carbonyl (C=O) groups excluding carboxylic acids is 1. The first-order valence-corrected chi connectivity index (χ1v) is 9.22. The number of rotatable bonds is 0. The smallest absolute Gasteiger partial charge is 0.253 e. The number of fused-ring (bicyclic) bond motifs is 3. The van der Waals surface area contributed by atoms with E-state index in [1.807, 2.05) is 50.8 Å². The van der Waals surface area contributed by atoms with Crippen LogP contribution < -0.4 is 5.32 Å². The molecular formula is C15H25NOS2. The molecule has 0 unspecified atom stereocenters. The van der Waals surface area contributed by atoms with E-state index in [-0.39, 0.29) is 5.91 Å². The summed E-state index contributed by atoms with van der Waals surface area (Å²) in [5.41, 5.74) is 2.37. The molecule has 2 nitrogen and oxygen atoms in total. The summed E-state index contributed by atoms with van der Waals surface area (Å²) in [5, 5.41) is 2.98. The first-order chi connectivity index (χ1) is 9.36. The summed E-state index contributed by atoms with van der Waals surface area (Å²) >= 11 is 3.70. The van der Waals surface area contributed by atoms with E-state index in [2.05, 4.69) is 5.32 Å². The van der Waals surface area contributed by atoms with Gasteiger partial charge in [-0.25, -0.2) is 0 Å². The third kappa shape index (κ3) is 3.76. The molecular weight excluding hydrogens is 274 g/mol. The number of nitrogens with one attached hydrogen (secondary N) is 1. The van der Waals surface area contributed by atoms with Gasteiger partial charge in [-0.15, -0.1) is 23.1 Å². The second kappa shape index (κ2) is 8.64. The van der Waals surface area contributed by atoms with Crippen molar-refractivity contribution < 1.29 is 4.79 Å². The van der Waals surface area contributed by atoms with Gasteiger partial charge in [0.05, 0.1) is 9.77 Å². The molecule has 0 saturated heterocycles. The van der Waals surface area contributed by atoms with Crippen LogP contribution in [0.5, 0.6) is 0 Å². The Morgan fingerprint density at radius 2 is 1.74 bits per heavy atom. The molecule has 1 aliphatic heterocycles. The van der Waals surface area contributed by atoms with Crippen molar-refractivity contribution in [1.82, 2.24) is 5.32 Å². The van der Waals surface area contributed by atoms with Crippen molar-refractivity contribution in [2.45, 2.75) is 57.6 Å². The van der Waals surface area contributed by atoms with Gasteiger partial charge in [-0.1, -0.05) is 27.7 Å². The van der Waals surface area contributed by atoms with Gasteiger partial charge in [0.1, 0.15) is 0 Å². The number of amides is 1. The van der Waals surface area contributed by atoms with E-state index < -0.39 is 0 Å². The molecule has 1 N–H and O–H groups in total. The maximum Gasteiger partial charge on any atom is 0.253 e. The third-order valence-corrected chi connectivity index (χ3v) is 5.55. The van der Waals surface area contributed by atoms with Gasteiger partial charge in [0.2, 0.25) is 0 Å². The summed E-state index contributed by atoms with van der Waals surface area (Å²) in [6.45, 7) is 8.81. The molecule has 0 atom stereocenters.